The van der Waals surface area contributed by atoms with Gasteiger partial charge in [0.25, 0.3) is 0 Å². The molecule has 128 valence electrons. The molecule has 2 rings (SSSR count). The molecule has 22 heavy (non-hydrogen) atoms. The second-order valence-electron chi connectivity index (χ2n) is 5.59. The van der Waals surface area contributed by atoms with Crippen molar-refractivity contribution >= 4 is 17.9 Å². The maximum absolute atomic E-state index is 11.8. The van der Waals surface area contributed by atoms with Gasteiger partial charge in [0.05, 0.1) is 19.3 Å². The highest BCUT2D eigenvalue weighted by atomic mass is 32.2. The van der Waals surface area contributed by atoms with Gasteiger partial charge in [-0.1, -0.05) is 19.9 Å². The Hall–Kier alpha value is -0.560. The Morgan fingerprint density at radius 2 is 2.09 bits per heavy atom. The van der Waals surface area contributed by atoms with Crippen molar-refractivity contribution in [3.63, 3.8) is 0 Å². The third-order valence-corrected chi connectivity index (χ3v) is 5.27. The Morgan fingerprint density at radius 1 is 1.45 bits per heavy atom. The van der Waals surface area contributed by atoms with Crippen molar-refractivity contribution in [2.75, 3.05) is 32.8 Å². The van der Waals surface area contributed by atoms with Gasteiger partial charge in [-0.15, -0.1) is 6.58 Å². The summed E-state index contributed by atoms with van der Waals surface area (Å²) in [6.45, 7) is 12.4. The predicted molar refractivity (Wildman–Crippen MR) is 93.7 cm³/mol. The fourth-order valence-electron chi connectivity index (χ4n) is 2.25. The number of hydrogen-bond donors (Lipinski definition) is 2. The Labute approximate surface area is 139 Å². The second kappa shape index (κ2) is 10.3. The Bertz CT molecular complexity index is 342. The van der Waals surface area contributed by atoms with Crippen LogP contribution in [0.1, 0.15) is 39.5 Å². The highest BCUT2D eigenvalue weighted by Crippen LogP contribution is 2.49. The van der Waals surface area contributed by atoms with E-state index in [-0.39, 0.29) is 10.7 Å². The number of nitrogens with two attached hydrogens (primary N) is 1. The summed E-state index contributed by atoms with van der Waals surface area (Å²) in [6.07, 6.45) is 5.68. The molecule has 6 heteroatoms. The predicted octanol–water partition coefficient (Wildman–Crippen LogP) is 1.94. The highest BCUT2D eigenvalue weighted by molar-refractivity contribution is 7.99. The Balaban J connectivity index is 0.00000116. The zero-order valence-electron chi connectivity index (χ0n) is 14.0. The first kappa shape index (κ1) is 19.5. The summed E-state index contributed by atoms with van der Waals surface area (Å²) >= 11 is 1.57. The minimum absolute atomic E-state index is 0.0902. The molecule has 1 atom stereocenters. The van der Waals surface area contributed by atoms with E-state index in [9.17, 15) is 4.79 Å². The molecule has 0 bridgehead atoms. The van der Waals surface area contributed by atoms with Crippen LogP contribution in [0.25, 0.3) is 0 Å². The molecule has 0 spiro atoms. The van der Waals surface area contributed by atoms with E-state index in [1.54, 1.807) is 18.0 Å². The number of morpholine rings is 1. The van der Waals surface area contributed by atoms with Gasteiger partial charge in [0.2, 0.25) is 5.91 Å². The van der Waals surface area contributed by atoms with Gasteiger partial charge in [0.1, 0.15) is 0 Å². The molecule has 5 nitrogen and oxygen atoms in total. The fourth-order valence-corrected chi connectivity index (χ4v) is 3.22. The minimum atomic E-state index is -0.477. The van der Waals surface area contributed by atoms with Crippen LogP contribution in [-0.2, 0) is 9.53 Å². The average Bonchev–Trinajstić information content (AvgIpc) is 3.34. The van der Waals surface area contributed by atoms with Gasteiger partial charge in [-0.2, -0.15) is 0 Å². The van der Waals surface area contributed by atoms with Gasteiger partial charge in [0, 0.05) is 17.8 Å². The maximum Gasteiger partial charge on any atom is 0.247 e. The lowest BCUT2D eigenvalue weighted by Gasteiger charge is -2.28. The van der Waals surface area contributed by atoms with E-state index in [0.717, 1.165) is 39.3 Å². The number of ether oxygens (including phenoxy) is 1. The van der Waals surface area contributed by atoms with Crippen LogP contribution in [0.5, 0.6) is 0 Å². The lowest BCUT2D eigenvalue weighted by Crippen LogP contribution is -2.40. The molecule has 0 radical (unpaired) electrons. The topological polar surface area (TPSA) is 67.6 Å². The van der Waals surface area contributed by atoms with E-state index in [1.807, 2.05) is 13.8 Å². The van der Waals surface area contributed by atoms with Crippen molar-refractivity contribution < 1.29 is 9.53 Å². The molecule has 2 fully saturated rings. The molecule has 1 amide bonds. The fraction of sp³-hybridized carbons (Fsp3) is 0.812. The molecular formula is C16H31N3O2S. The van der Waals surface area contributed by atoms with E-state index in [0.29, 0.717) is 6.42 Å². The van der Waals surface area contributed by atoms with Gasteiger partial charge in [0.15, 0.2) is 0 Å². The first-order valence-corrected chi connectivity index (χ1v) is 9.11. The standard InChI is InChI=1S/C14H25N3O2S.C2H6/c1-2-3-12(15)13(18)16-20-14(4-5-14)6-7-17-8-10-19-11-9-17;1-2/h2,12H,1,3-11,15H2,(H,16,18);1-2H3. The van der Waals surface area contributed by atoms with E-state index >= 15 is 0 Å². The first-order valence-electron chi connectivity index (χ1n) is 8.30. The van der Waals surface area contributed by atoms with Crippen molar-refractivity contribution in [3.05, 3.63) is 12.7 Å². The van der Waals surface area contributed by atoms with Crippen LogP contribution in [0.4, 0.5) is 0 Å². The van der Waals surface area contributed by atoms with Crippen LogP contribution in [0, 0.1) is 0 Å². The summed E-state index contributed by atoms with van der Waals surface area (Å²) in [5, 5.41) is 0. The van der Waals surface area contributed by atoms with Crippen LogP contribution in [-0.4, -0.2) is 54.4 Å². The van der Waals surface area contributed by atoms with Crippen LogP contribution in [0.3, 0.4) is 0 Å². The summed E-state index contributed by atoms with van der Waals surface area (Å²) in [5.74, 6) is -0.0902. The maximum atomic E-state index is 11.8. The van der Waals surface area contributed by atoms with Crippen molar-refractivity contribution in [3.8, 4) is 0 Å². The van der Waals surface area contributed by atoms with Gasteiger partial charge in [-0.3, -0.25) is 14.4 Å². The molecule has 1 aliphatic carbocycles. The third-order valence-electron chi connectivity index (χ3n) is 3.92. The average molecular weight is 330 g/mol. The van der Waals surface area contributed by atoms with Gasteiger partial charge < -0.3 is 10.5 Å². The summed E-state index contributed by atoms with van der Waals surface area (Å²) in [6, 6.07) is -0.477. The van der Waals surface area contributed by atoms with Crippen LogP contribution < -0.4 is 10.5 Å². The van der Waals surface area contributed by atoms with Gasteiger partial charge in [-0.25, -0.2) is 0 Å². The number of amides is 1. The van der Waals surface area contributed by atoms with Crippen LogP contribution >= 0.6 is 11.9 Å². The number of nitrogens with one attached hydrogen (secondary N) is 1. The van der Waals surface area contributed by atoms with Crippen molar-refractivity contribution in [1.29, 1.82) is 0 Å². The molecule has 2 aliphatic rings. The van der Waals surface area contributed by atoms with E-state index < -0.39 is 6.04 Å². The largest absolute Gasteiger partial charge is 0.379 e. The van der Waals surface area contributed by atoms with Crippen molar-refractivity contribution in [2.24, 2.45) is 5.73 Å². The molecule has 1 unspecified atom stereocenters. The minimum Gasteiger partial charge on any atom is -0.379 e. The Morgan fingerprint density at radius 3 is 2.64 bits per heavy atom. The van der Waals surface area contributed by atoms with Gasteiger partial charge >= 0.3 is 0 Å². The molecular weight excluding hydrogens is 298 g/mol. The first-order chi connectivity index (χ1) is 10.7. The van der Waals surface area contributed by atoms with E-state index in [1.165, 1.54) is 12.8 Å². The lowest BCUT2D eigenvalue weighted by molar-refractivity contribution is -0.120. The lowest BCUT2D eigenvalue weighted by atomic mass is 10.2. The smallest absolute Gasteiger partial charge is 0.247 e. The highest BCUT2D eigenvalue weighted by Gasteiger charge is 2.44. The van der Waals surface area contributed by atoms with E-state index in [2.05, 4.69) is 16.2 Å². The molecule has 1 heterocycles. The number of carbonyl (C=O) groups is 1. The van der Waals surface area contributed by atoms with Crippen LogP contribution in [0.15, 0.2) is 12.7 Å². The Kier molecular flexibility index (Phi) is 9.09. The molecule has 1 saturated carbocycles. The molecule has 0 aromatic rings. The monoisotopic (exact) mass is 329 g/mol. The summed E-state index contributed by atoms with van der Waals surface area (Å²) < 4.78 is 8.51. The molecule has 0 aromatic carbocycles. The molecule has 3 N–H and O–H groups in total. The number of nitrogens with zero attached hydrogens (tertiary/aromatic N) is 1. The number of rotatable bonds is 8. The van der Waals surface area contributed by atoms with E-state index in [4.69, 9.17) is 10.5 Å². The quantitative estimate of drug-likeness (QED) is 0.526. The summed E-state index contributed by atoms with van der Waals surface area (Å²) in [5.41, 5.74) is 5.75. The normalized spacial score (nSPS) is 21.2. The van der Waals surface area contributed by atoms with Crippen LogP contribution in [0.2, 0.25) is 0 Å². The summed E-state index contributed by atoms with van der Waals surface area (Å²) in [4.78, 5) is 14.2. The SMILES string of the molecule is C=CCC(N)C(=O)NSC1(CCN2CCOCC2)CC1.CC. The zero-order valence-corrected chi connectivity index (χ0v) is 14.8. The van der Waals surface area contributed by atoms with Gasteiger partial charge in [-0.05, 0) is 44.2 Å². The molecule has 0 aromatic heterocycles. The third kappa shape index (κ3) is 6.69. The van der Waals surface area contributed by atoms with Crippen molar-refractivity contribution in [1.82, 2.24) is 9.62 Å². The number of hydrogen-bond acceptors (Lipinski definition) is 5. The molecule has 1 aliphatic heterocycles. The summed E-state index contributed by atoms with van der Waals surface area (Å²) in [7, 11) is 0. The molecule has 1 saturated heterocycles. The second-order valence-corrected chi connectivity index (χ2v) is 6.86. The zero-order chi connectivity index (χ0) is 16.4. The number of carbonyl (C=O) groups excluding carboxylic acids is 1. The van der Waals surface area contributed by atoms with Crippen molar-refractivity contribution in [2.45, 2.75) is 50.3 Å².